The number of hydrogen-bond donors (Lipinski definition) is 2. The molecule has 0 aliphatic heterocycles. The van der Waals surface area contributed by atoms with Crippen molar-refractivity contribution in [2.45, 2.75) is 45.8 Å². The highest BCUT2D eigenvalue weighted by atomic mass is 28.5. The second kappa shape index (κ2) is 5.54. The maximum Gasteiger partial charge on any atom is 0.477 e. The molecule has 2 N–H and O–H groups in total. The molecule has 0 bridgehead atoms. The van der Waals surface area contributed by atoms with E-state index in [1.165, 1.54) is 13.1 Å². The predicted molar refractivity (Wildman–Crippen MR) is 73.2 cm³/mol. The highest BCUT2D eigenvalue weighted by molar-refractivity contribution is 6.83. The van der Waals surface area contributed by atoms with Gasteiger partial charge in [0, 0.05) is 13.1 Å². The zero-order valence-electron chi connectivity index (χ0n) is 11.2. The van der Waals surface area contributed by atoms with Crippen LogP contribution < -0.4 is 0 Å². The van der Waals surface area contributed by atoms with Crippen LogP contribution >= 0.6 is 0 Å². The van der Waals surface area contributed by atoms with E-state index in [0.717, 1.165) is 0 Å². The molecule has 0 heterocycles. The Hall–Kier alpha value is 0.668. The minimum Gasteiger partial charge on any atom is -0.419 e. The van der Waals surface area contributed by atoms with E-state index >= 15 is 0 Å². The highest BCUT2D eigenvalue weighted by Crippen LogP contribution is 2.17. The van der Waals surface area contributed by atoms with Gasteiger partial charge in [-0.05, 0) is 32.7 Å². The summed E-state index contributed by atoms with van der Waals surface area (Å²) in [6.45, 7) is 12.8. The van der Waals surface area contributed by atoms with E-state index in [2.05, 4.69) is 0 Å². The average molecular weight is 301 g/mol. The Morgan fingerprint density at radius 3 is 1.56 bits per heavy atom. The Labute approximate surface area is 103 Å². The molecular formula is C7H24O5Si4. The SMILES string of the molecule is C[SiH](C)O[Si](C)(O)O[Si](C)(O)O[Si](C)(C)C. The van der Waals surface area contributed by atoms with E-state index in [9.17, 15) is 9.59 Å². The third kappa shape index (κ3) is 8.78. The maximum absolute atomic E-state index is 10.0. The molecular weight excluding hydrogens is 276 g/mol. The van der Waals surface area contributed by atoms with Gasteiger partial charge >= 0.3 is 17.6 Å². The molecule has 5 nitrogen and oxygen atoms in total. The first-order valence-electron chi connectivity index (χ1n) is 5.36. The van der Waals surface area contributed by atoms with Crippen molar-refractivity contribution in [1.82, 2.24) is 0 Å². The van der Waals surface area contributed by atoms with E-state index in [1.807, 2.05) is 32.7 Å². The summed E-state index contributed by atoms with van der Waals surface area (Å²) < 4.78 is 16.3. The first-order chi connectivity index (χ1) is 6.83. The minimum atomic E-state index is -3.27. The van der Waals surface area contributed by atoms with Crippen LogP contribution in [-0.2, 0) is 12.3 Å². The average Bonchev–Trinajstić information content (AvgIpc) is 1.69. The van der Waals surface area contributed by atoms with Gasteiger partial charge in [0.15, 0.2) is 17.4 Å². The Kier molecular flexibility index (Phi) is 5.77. The van der Waals surface area contributed by atoms with Gasteiger partial charge in [0.25, 0.3) is 0 Å². The van der Waals surface area contributed by atoms with Crippen molar-refractivity contribution in [3.63, 3.8) is 0 Å². The summed E-state index contributed by atoms with van der Waals surface area (Å²) in [5.41, 5.74) is 0. The zero-order valence-corrected chi connectivity index (χ0v) is 15.4. The Morgan fingerprint density at radius 1 is 0.812 bits per heavy atom. The van der Waals surface area contributed by atoms with Crippen LogP contribution in [-0.4, -0.2) is 44.6 Å². The molecule has 0 amide bonds. The lowest BCUT2D eigenvalue weighted by atomic mass is 11.8. The van der Waals surface area contributed by atoms with Gasteiger partial charge in [-0.25, -0.2) is 0 Å². The van der Waals surface area contributed by atoms with E-state index < -0.39 is 35.0 Å². The molecule has 0 radical (unpaired) electrons. The molecule has 0 aromatic rings. The molecule has 2 atom stereocenters. The van der Waals surface area contributed by atoms with Crippen LogP contribution in [0.3, 0.4) is 0 Å². The second-order valence-electron chi connectivity index (χ2n) is 5.28. The Bertz CT molecular complexity index is 225. The van der Waals surface area contributed by atoms with Crippen molar-refractivity contribution in [3.05, 3.63) is 0 Å². The van der Waals surface area contributed by atoms with Crippen LogP contribution in [0.2, 0.25) is 45.8 Å². The van der Waals surface area contributed by atoms with Crippen molar-refractivity contribution >= 4 is 35.0 Å². The fourth-order valence-electron chi connectivity index (χ4n) is 1.40. The fraction of sp³-hybridized carbons (Fsp3) is 1.00. The molecule has 0 aromatic carbocycles. The van der Waals surface area contributed by atoms with Crippen molar-refractivity contribution in [1.29, 1.82) is 0 Å². The molecule has 0 aromatic heterocycles. The summed E-state index contributed by atoms with van der Waals surface area (Å²) in [7, 11) is -9.76. The molecule has 0 fully saturated rings. The first-order valence-corrected chi connectivity index (χ1v) is 16.1. The van der Waals surface area contributed by atoms with E-state index in [1.54, 1.807) is 0 Å². The molecule has 9 heteroatoms. The lowest BCUT2D eigenvalue weighted by molar-refractivity contribution is 0.178. The third-order valence-corrected chi connectivity index (χ3v) is 12.0. The largest absolute Gasteiger partial charge is 0.477 e. The second-order valence-corrected chi connectivity index (χ2v) is 17.8. The Balaban J connectivity index is 4.45. The highest BCUT2D eigenvalue weighted by Gasteiger charge is 2.45. The van der Waals surface area contributed by atoms with E-state index in [0.29, 0.717) is 0 Å². The molecule has 0 aliphatic carbocycles. The smallest absolute Gasteiger partial charge is 0.419 e. The summed E-state index contributed by atoms with van der Waals surface area (Å²) in [4.78, 5) is 20.0. The van der Waals surface area contributed by atoms with Crippen LogP contribution in [0.5, 0.6) is 0 Å². The summed E-state index contributed by atoms with van der Waals surface area (Å²) in [5.74, 6) is 0. The molecule has 0 spiro atoms. The normalized spacial score (nSPS) is 20.6. The third-order valence-electron chi connectivity index (χ3n) is 1.33. The quantitative estimate of drug-likeness (QED) is 0.716. The number of hydrogen-bond acceptors (Lipinski definition) is 5. The molecule has 16 heavy (non-hydrogen) atoms. The summed E-state index contributed by atoms with van der Waals surface area (Å²) in [6, 6.07) is 0. The molecule has 0 aliphatic rings. The predicted octanol–water partition coefficient (Wildman–Crippen LogP) is 0.976. The first kappa shape index (κ1) is 16.7. The van der Waals surface area contributed by atoms with Gasteiger partial charge in [-0.3, -0.25) is 0 Å². The van der Waals surface area contributed by atoms with Gasteiger partial charge in [0.1, 0.15) is 0 Å². The van der Waals surface area contributed by atoms with Gasteiger partial charge in [-0.15, -0.1) is 0 Å². The van der Waals surface area contributed by atoms with Crippen LogP contribution in [0, 0.1) is 0 Å². The standard InChI is InChI=1S/C7H24O5Si4/c1-13(2)10-15(6,8)12-16(7,9)11-14(3,4)5/h8-9,13H,1-7H3. The summed E-state index contributed by atoms with van der Waals surface area (Å²) in [6.07, 6.45) is 0. The monoisotopic (exact) mass is 300 g/mol. The summed E-state index contributed by atoms with van der Waals surface area (Å²) >= 11 is 0. The van der Waals surface area contributed by atoms with Crippen LogP contribution in [0.25, 0.3) is 0 Å². The molecule has 98 valence electrons. The van der Waals surface area contributed by atoms with Gasteiger partial charge in [-0.2, -0.15) is 0 Å². The van der Waals surface area contributed by atoms with Gasteiger partial charge in [-0.1, -0.05) is 0 Å². The van der Waals surface area contributed by atoms with E-state index in [-0.39, 0.29) is 0 Å². The van der Waals surface area contributed by atoms with E-state index in [4.69, 9.17) is 12.3 Å². The topological polar surface area (TPSA) is 68.2 Å². The molecule has 0 saturated carbocycles. The lowest BCUT2D eigenvalue weighted by Gasteiger charge is -2.33. The van der Waals surface area contributed by atoms with Crippen LogP contribution in [0.4, 0.5) is 0 Å². The van der Waals surface area contributed by atoms with Crippen molar-refractivity contribution in [3.8, 4) is 0 Å². The molecule has 0 saturated heterocycles. The van der Waals surface area contributed by atoms with Crippen molar-refractivity contribution in [2.75, 3.05) is 0 Å². The summed E-state index contributed by atoms with van der Waals surface area (Å²) in [5, 5.41) is 0. The van der Waals surface area contributed by atoms with Gasteiger partial charge in [0.05, 0.1) is 0 Å². The lowest BCUT2D eigenvalue weighted by Crippen LogP contribution is -2.57. The Morgan fingerprint density at radius 2 is 1.25 bits per heavy atom. The van der Waals surface area contributed by atoms with Gasteiger partial charge in [0.2, 0.25) is 0 Å². The zero-order chi connectivity index (χ0) is 13.2. The van der Waals surface area contributed by atoms with Gasteiger partial charge < -0.3 is 21.9 Å². The van der Waals surface area contributed by atoms with Crippen LogP contribution in [0.1, 0.15) is 0 Å². The van der Waals surface area contributed by atoms with Crippen molar-refractivity contribution < 1.29 is 21.9 Å². The molecule has 2 unspecified atom stereocenters. The van der Waals surface area contributed by atoms with Crippen LogP contribution in [0.15, 0.2) is 0 Å². The maximum atomic E-state index is 10.0. The molecule has 0 rings (SSSR count). The number of rotatable bonds is 6. The fourth-order valence-corrected chi connectivity index (χ4v) is 13.4. The minimum absolute atomic E-state index is 1.38. The van der Waals surface area contributed by atoms with Crippen molar-refractivity contribution in [2.24, 2.45) is 0 Å².